The fourth-order valence-electron chi connectivity index (χ4n) is 4.02. The molecule has 2 fully saturated rings. The highest BCUT2D eigenvalue weighted by atomic mass is 16.1. The van der Waals surface area contributed by atoms with Crippen LogP contribution in [0, 0.1) is 5.92 Å². The summed E-state index contributed by atoms with van der Waals surface area (Å²) in [6.07, 6.45) is 7.67. The van der Waals surface area contributed by atoms with Crippen LogP contribution in [0.1, 0.15) is 48.2 Å². The van der Waals surface area contributed by atoms with Gasteiger partial charge in [0, 0.05) is 36.9 Å². The maximum absolute atomic E-state index is 12.8. The molecule has 1 amide bonds. The first-order valence-corrected chi connectivity index (χ1v) is 9.72. The SMILES string of the molecule is O=C(NC1(CC2CC2)CCN(Cc2ccccn2)CC1)c1ccccc1. The zero-order valence-corrected chi connectivity index (χ0v) is 15.2. The minimum atomic E-state index is -0.0469. The fourth-order valence-corrected chi connectivity index (χ4v) is 4.02. The zero-order valence-electron chi connectivity index (χ0n) is 15.2. The Labute approximate surface area is 155 Å². The van der Waals surface area contributed by atoms with Crippen molar-refractivity contribution in [3.63, 3.8) is 0 Å². The molecule has 0 spiro atoms. The Morgan fingerprint density at radius 1 is 1.08 bits per heavy atom. The van der Waals surface area contributed by atoms with E-state index < -0.39 is 0 Å². The van der Waals surface area contributed by atoms with E-state index >= 15 is 0 Å². The molecule has 4 nitrogen and oxygen atoms in total. The molecule has 0 radical (unpaired) electrons. The maximum Gasteiger partial charge on any atom is 0.251 e. The highest BCUT2D eigenvalue weighted by molar-refractivity contribution is 5.94. The lowest BCUT2D eigenvalue weighted by Gasteiger charge is -2.42. The molecule has 1 saturated heterocycles. The van der Waals surface area contributed by atoms with Crippen LogP contribution in [0.15, 0.2) is 54.7 Å². The second-order valence-corrected chi connectivity index (χ2v) is 7.85. The van der Waals surface area contributed by atoms with Crippen molar-refractivity contribution in [3.8, 4) is 0 Å². The molecule has 4 heteroatoms. The zero-order chi connectivity index (χ0) is 17.8. The number of carbonyl (C=O) groups is 1. The number of likely N-dealkylation sites (tertiary alicyclic amines) is 1. The molecular weight excluding hydrogens is 322 g/mol. The Hall–Kier alpha value is -2.20. The van der Waals surface area contributed by atoms with Gasteiger partial charge in [0.1, 0.15) is 0 Å². The minimum Gasteiger partial charge on any atom is -0.346 e. The summed E-state index contributed by atoms with van der Waals surface area (Å²) in [5, 5.41) is 3.42. The molecule has 0 atom stereocenters. The molecular formula is C22H27N3O. The van der Waals surface area contributed by atoms with Gasteiger partial charge < -0.3 is 5.32 Å². The lowest BCUT2D eigenvalue weighted by atomic mass is 9.82. The van der Waals surface area contributed by atoms with Gasteiger partial charge in [-0.25, -0.2) is 0 Å². The number of carbonyl (C=O) groups excluding carboxylic acids is 1. The third-order valence-corrected chi connectivity index (χ3v) is 5.72. The van der Waals surface area contributed by atoms with Crippen molar-refractivity contribution in [1.29, 1.82) is 0 Å². The Kier molecular flexibility index (Phi) is 5.02. The first-order chi connectivity index (χ1) is 12.7. The molecule has 1 saturated carbocycles. The van der Waals surface area contributed by atoms with Gasteiger partial charge in [-0.3, -0.25) is 14.7 Å². The number of rotatable bonds is 6. The Bertz CT molecular complexity index is 720. The third kappa shape index (κ3) is 4.31. The molecule has 0 bridgehead atoms. The van der Waals surface area contributed by atoms with Gasteiger partial charge in [-0.15, -0.1) is 0 Å². The minimum absolute atomic E-state index is 0.0469. The third-order valence-electron chi connectivity index (χ3n) is 5.72. The number of nitrogens with zero attached hydrogens (tertiary/aromatic N) is 2. The topological polar surface area (TPSA) is 45.2 Å². The molecule has 0 unspecified atom stereocenters. The summed E-state index contributed by atoms with van der Waals surface area (Å²) in [6, 6.07) is 15.7. The number of amides is 1. The quantitative estimate of drug-likeness (QED) is 0.866. The number of pyridine rings is 1. The Balaban J connectivity index is 1.40. The number of benzene rings is 1. The number of nitrogens with one attached hydrogen (secondary N) is 1. The van der Waals surface area contributed by atoms with E-state index in [1.807, 2.05) is 48.7 Å². The van der Waals surface area contributed by atoms with Crippen LogP contribution >= 0.6 is 0 Å². The molecule has 136 valence electrons. The summed E-state index contributed by atoms with van der Waals surface area (Å²) in [5.41, 5.74) is 1.84. The van der Waals surface area contributed by atoms with E-state index in [0.717, 1.165) is 56.1 Å². The summed E-state index contributed by atoms with van der Waals surface area (Å²) < 4.78 is 0. The molecule has 2 aliphatic rings. The standard InChI is InChI=1S/C22H27N3O/c26-21(19-6-2-1-3-7-19)24-22(16-18-9-10-18)11-14-25(15-12-22)17-20-8-4-5-13-23-20/h1-8,13,18H,9-12,14-17H2,(H,24,26). The number of aromatic nitrogens is 1. The second kappa shape index (κ2) is 7.58. The van der Waals surface area contributed by atoms with Crippen molar-refractivity contribution in [1.82, 2.24) is 15.2 Å². The maximum atomic E-state index is 12.8. The molecule has 2 heterocycles. The van der Waals surface area contributed by atoms with Gasteiger partial charge in [0.15, 0.2) is 0 Å². The van der Waals surface area contributed by atoms with Gasteiger partial charge >= 0.3 is 0 Å². The first kappa shape index (κ1) is 17.2. The van der Waals surface area contributed by atoms with E-state index in [1.165, 1.54) is 12.8 Å². The van der Waals surface area contributed by atoms with Crippen LogP contribution in [-0.4, -0.2) is 34.4 Å². The van der Waals surface area contributed by atoms with Gasteiger partial charge in [-0.05, 0) is 49.4 Å². The summed E-state index contributed by atoms with van der Waals surface area (Å²) in [7, 11) is 0. The monoisotopic (exact) mass is 349 g/mol. The number of hydrogen-bond acceptors (Lipinski definition) is 3. The highest BCUT2D eigenvalue weighted by Crippen LogP contribution is 2.40. The summed E-state index contributed by atoms with van der Waals surface area (Å²) in [6.45, 7) is 2.92. The van der Waals surface area contributed by atoms with E-state index in [0.29, 0.717) is 0 Å². The highest BCUT2D eigenvalue weighted by Gasteiger charge is 2.40. The largest absolute Gasteiger partial charge is 0.346 e. The smallest absolute Gasteiger partial charge is 0.251 e. The van der Waals surface area contributed by atoms with Crippen molar-refractivity contribution in [2.75, 3.05) is 13.1 Å². The molecule has 26 heavy (non-hydrogen) atoms. The average molecular weight is 349 g/mol. The van der Waals surface area contributed by atoms with Crippen LogP contribution in [0.3, 0.4) is 0 Å². The van der Waals surface area contributed by atoms with Crippen LogP contribution in [0.4, 0.5) is 0 Å². The van der Waals surface area contributed by atoms with Crippen molar-refractivity contribution >= 4 is 5.91 Å². The van der Waals surface area contributed by atoms with E-state index in [9.17, 15) is 4.79 Å². The van der Waals surface area contributed by atoms with E-state index in [-0.39, 0.29) is 11.4 Å². The van der Waals surface area contributed by atoms with Gasteiger partial charge in [0.25, 0.3) is 5.91 Å². The molecule has 4 rings (SSSR count). The van der Waals surface area contributed by atoms with Crippen molar-refractivity contribution in [3.05, 3.63) is 66.0 Å². The van der Waals surface area contributed by atoms with Gasteiger partial charge in [-0.1, -0.05) is 37.1 Å². The predicted molar refractivity (Wildman–Crippen MR) is 103 cm³/mol. The molecule has 1 aliphatic carbocycles. The lowest BCUT2D eigenvalue weighted by molar-refractivity contribution is 0.0768. The van der Waals surface area contributed by atoms with Crippen LogP contribution in [0.5, 0.6) is 0 Å². The second-order valence-electron chi connectivity index (χ2n) is 7.85. The first-order valence-electron chi connectivity index (χ1n) is 9.72. The predicted octanol–water partition coefficient (Wildman–Crippen LogP) is 3.65. The van der Waals surface area contributed by atoms with Crippen LogP contribution < -0.4 is 5.32 Å². The van der Waals surface area contributed by atoms with Gasteiger partial charge in [0.2, 0.25) is 0 Å². The van der Waals surface area contributed by atoms with Crippen LogP contribution in [0.2, 0.25) is 0 Å². The molecule has 1 aromatic carbocycles. The summed E-state index contributed by atoms with van der Waals surface area (Å²) in [4.78, 5) is 19.7. The van der Waals surface area contributed by atoms with Crippen molar-refractivity contribution in [2.24, 2.45) is 5.92 Å². The number of hydrogen-bond donors (Lipinski definition) is 1. The van der Waals surface area contributed by atoms with Gasteiger partial charge in [0.05, 0.1) is 5.69 Å². The van der Waals surface area contributed by atoms with Gasteiger partial charge in [-0.2, -0.15) is 0 Å². The normalized spacial score (nSPS) is 19.8. The average Bonchev–Trinajstić information content (AvgIpc) is 3.49. The summed E-state index contributed by atoms with van der Waals surface area (Å²) >= 11 is 0. The fraction of sp³-hybridized carbons (Fsp3) is 0.455. The van der Waals surface area contributed by atoms with E-state index in [2.05, 4.69) is 21.3 Å². The Morgan fingerprint density at radius 3 is 2.46 bits per heavy atom. The lowest BCUT2D eigenvalue weighted by Crippen LogP contribution is -2.55. The number of piperidine rings is 1. The van der Waals surface area contributed by atoms with Crippen LogP contribution in [-0.2, 0) is 6.54 Å². The molecule has 1 N–H and O–H groups in total. The Morgan fingerprint density at radius 2 is 1.81 bits per heavy atom. The summed E-state index contributed by atoms with van der Waals surface area (Å²) in [5.74, 6) is 0.873. The molecule has 1 aliphatic heterocycles. The van der Waals surface area contributed by atoms with E-state index in [4.69, 9.17) is 0 Å². The van der Waals surface area contributed by atoms with E-state index in [1.54, 1.807) is 0 Å². The molecule has 2 aromatic rings. The van der Waals surface area contributed by atoms with Crippen molar-refractivity contribution in [2.45, 2.75) is 44.2 Å². The van der Waals surface area contributed by atoms with Crippen LogP contribution in [0.25, 0.3) is 0 Å². The molecule has 1 aromatic heterocycles. The van der Waals surface area contributed by atoms with Crippen molar-refractivity contribution < 1.29 is 4.79 Å².